The van der Waals surface area contributed by atoms with E-state index in [9.17, 15) is 0 Å². The second kappa shape index (κ2) is 5.13. The van der Waals surface area contributed by atoms with E-state index in [4.69, 9.17) is 0 Å². The Morgan fingerprint density at radius 3 is 2.64 bits per heavy atom. The Bertz CT molecular complexity index is 160. The molecule has 0 aromatic carbocycles. The molecule has 0 aliphatic carbocycles. The summed E-state index contributed by atoms with van der Waals surface area (Å²) in [6, 6.07) is 0.725. The third kappa shape index (κ3) is 3.58. The molecule has 1 aliphatic rings. The Morgan fingerprint density at radius 1 is 1.36 bits per heavy atom. The third-order valence-electron chi connectivity index (χ3n) is 3.05. The van der Waals surface area contributed by atoms with Crippen LogP contribution in [0.25, 0.3) is 0 Å². The molecular weight excluding hydrogens is 172 g/mol. The van der Waals surface area contributed by atoms with Crippen molar-refractivity contribution in [3.05, 3.63) is 0 Å². The highest BCUT2D eigenvalue weighted by atomic mass is 15.2. The van der Waals surface area contributed by atoms with Crippen molar-refractivity contribution in [2.75, 3.05) is 19.6 Å². The van der Waals surface area contributed by atoms with Gasteiger partial charge in [-0.05, 0) is 53.1 Å². The van der Waals surface area contributed by atoms with Crippen LogP contribution in [0.15, 0.2) is 0 Å². The minimum absolute atomic E-state index is 0.340. The van der Waals surface area contributed by atoms with Crippen LogP contribution in [-0.4, -0.2) is 36.1 Å². The van der Waals surface area contributed by atoms with E-state index in [0.717, 1.165) is 6.04 Å². The van der Waals surface area contributed by atoms with Gasteiger partial charge in [0.25, 0.3) is 0 Å². The Labute approximate surface area is 89.1 Å². The zero-order valence-electron chi connectivity index (χ0n) is 10.3. The molecule has 0 radical (unpaired) electrons. The van der Waals surface area contributed by atoms with Crippen LogP contribution in [0.3, 0.4) is 0 Å². The Hall–Kier alpha value is -0.0800. The van der Waals surface area contributed by atoms with Gasteiger partial charge in [-0.3, -0.25) is 4.90 Å². The molecule has 0 saturated carbocycles. The normalized spacial score (nSPS) is 25.3. The van der Waals surface area contributed by atoms with E-state index in [1.54, 1.807) is 0 Å². The molecule has 1 N–H and O–H groups in total. The van der Waals surface area contributed by atoms with Crippen molar-refractivity contribution >= 4 is 0 Å². The molecule has 1 fully saturated rings. The molecule has 1 saturated heterocycles. The Kier molecular flexibility index (Phi) is 4.39. The van der Waals surface area contributed by atoms with Crippen LogP contribution in [0.5, 0.6) is 0 Å². The smallest absolute Gasteiger partial charge is 0.0195 e. The number of nitrogens with zero attached hydrogens (tertiary/aromatic N) is 1. The summed E-state index contributed by atoms with van der Waals surface area (Å²) < 4.78 is 0. The lowest BCUT2D eigenvalue weighted by atomic mass is 9.98. The molecule has 1 aliphatic heterocycles. The lowest BCUT2D eigenvalue weighted by Gasteiger charge is -2.41. The van der Waals surface area contributed by atoms with Gasteiger partial charge in [-0.1, -0.05) is 6.92 Å². The average molecular weight is 198 g/mol. The first-order chi connectivity index (χ1) is 6.54. The van der Waals surface area contributed by atoms with Gasteiger partial charge in [-0.2, -0.15) is 0 Å². The van der Waals surface area contributed by atoms with Crippen LogP contribution in [0.2, 0.25) is 0 Å². The van der Waals surface area contributed by atoms with E-state index < -0.39 is 0 Å². The summed E-state index contributed by atoms with van der Waals surface area (Å²) in [6.45, 7) is 12.8. The number of piperidine rings is 1. The maximum absolute atomic E-state index is 3.63. The monoisotopic (exact) mass is 198 g/mol. The molecule has 84 valence electrons. The van der Waals surface area contributed by atoms with Crippen molar-refractivity contribution < 1.29 is 0 Å². The molecule has 2 heteroatoms. The second-order valence-corrected chi connectivity index (χ2v) is 5.41. The topological polar surface area (TPSA) is 15.3 Å². The van der Waals surface area contributed by atoms with Crippen molar-refractivity contribution in [3.8, 4) is 0 Å². The molecule has 0 spiro atoms. The fraction of sp³-hybridized carbons (Fsp3) is 1.00. The number of likely N-dealkylation sites (tertiary alicyclic amines) is 1. The summed E-state index contributed by atoms with van der Waals surface area (Å²) >= 11 is 0. The molecule has 0 aromatic heterocycles. The predicted molar refractivity (Wildman–Crippen MR) is 62.6 cm³/mol. The van der Waals surface area contributed by atoms with Crippen LogP contribution in [0.4, 0.5) is 0 Å². The highest BCUT2D eigenvalue weighted by Crippen LogP contribution is 2.19. The first kappa shape index (κ1) is 12.0. The molecule has 0 aromatic rings. The number of rotatable bonds is 3. The molecule has 0 bridgehead atoms. The molecule has 14 heavy (non-hydrogen) atoms. The van der Waals surface area contributed by atoms with Crippen molar-refractivity contribution in [1.29, 1.82) is 0 Å². The van der Waals surface area contributed by atoms with Gasteiger partial charge in [0.05, 0.1) is 0 Å². The first-order valence-electron chi connectivity index (χ1n) is 6.02. The molecule has 0 amide bonds. The van der Waals surface area contributed by atoms with Crippen LogP contribution < -0.4 is 5.32 Å². The zero-order chi connectivity index (χ0) is 10.6. The van der Waals surface area contributed by atoms with Crippen molar-refractivity contribution in [1.82, 2.24) is 10.2 Å². The SMILES string of the molecule is CCCNC1CCCN(C(C)(C)C)C1. The zero-order valence-corrected chi connectivity index (χ0v) is 10.3. The molecule has 1 atom stereocenters. The molecule has 1 heterocycles. The van der Waals surface area contributed by atoms with E-state index in [1.165, 1.54) is 38.9 Å². The second-order valence-electron chi connectivity index (χ2n) is 5.41. The Morgan fingerprint density at radius 2 is 2.07 bits per heavy atom. The number of nitrogens with one attached hydrogen (secondary N) is 1. The molecular formula is C12H26N2. The van der Waals surface area contributed by atoms with Crippen LogP contribution >= 0.6 is 0 Å². The highest BCUT2D eigenvalue weighted by molar-refractivity contribution is 4.85. The fourth-order valence-electron chi connectivity index (χ4n) is 2.10. The van der Waals surface area contributed by atoms with Gasteiger partial charge in [-0.25, -0.2) is 0 Å². The summed E-state index contributed by atoms with van der Waals surface area (Å²) in [5.74, 6) is 0. The van der Waals surface area contributed by atoms with Crippen LogP contribution in [0, 0.1) is 0 Å². The van der Waals surface area contributed by atoms with E-state index >= 15 is 0 Å². The van der Waals surface area contributed by atoms with E-state index in [2.05, 4.69) is 37.9 Å². The molecule has 1 rings (SSSR count). The quantitative estimate of drug-likeness (QED) is 0.748. The van der Waals surface area contributed by atoms with E-state index in [1.807, 2.05) is 0 Å². The van der Waals surface area contributed by atoms with Crippen LogP contribution in [0.1, 0.15) is 47.0 Å². The van der Waals surface area contributed by atoms with Crippen molar-refractivity contribution in [3.63, 3.8) is 0 Å². The maximum Gasteiger partial charge on any atom is 0.0195 e. The van der Waals surface area contributed by atoms with Crippen LogP contribution in [-0.2, 0) is 0 Å². The fourth-order valence-corrected chi connectivity index (χ4v) is 2.10. The van der Waals surface area contributed by atoms with Gasteiger partial charge in [0, 0.05) is 18.1 Å². The van der Waals surface area contributed by atoms with E-state index in [0.29, 0.717) is 5.54 Å². The lowest BCUT2D eigenvalue weighted by molar-refractivity contribution is 0.0909. The number of hydrogen-bond donors (Lipinski definition) is 1. The van der Waals surface area contributed by atoms with Crippen molar-refractivity contribution in [2.45, 2.75) is 58.5 Å². The standard InChI is InChI=1S/C12H26N2/c1-5-8-13-11-7-6-9-14(10-11)12(2,3)4/h11,13H,5-10H2,1-4H3. The highest BCUT2D eigenvalue weighted by Gasteiger charge is 2.27. The lowest BCUT2D eigenvalue weighted by Crippen LogP contribution is -2.52. The molecule has 1 unspecified atom stereocenters. The average Bonchev–Trinajstić information content (AvgIpc) is 2.14. The van der Waals surface area contributed by atoms with Gasteiger partial charge in [0.15, 0.2) is 0 Å². The van der Waals surface area contributed by atoms with E-state index in [-0.39, 0.29) is 0 Å². The molecule has 2 nitrogen and oxygen atoms in total. The van der Waals surface area contributed by atoms with Gasteiger partial charge in [0.2, 0.25) is 0 Å². The van der Waals surface area contributed by atoms with Gasteiger partial charge in [-0.15, -0.1) is 0 Å². The summed E-state index contributed by atoms with van der Waals surface area (Å²) in [4.78, 5) is 2.60. The minimum atomic E-state index is 0.340. The third-order valence-corrected chi connectivity index (χ3v) is 3.05. The number of hydrogen-bond acceptors (Lipinski definition) is 2. The largest absolute Gasteiger partial charge is 0.313 e. The van der Waals surface area contributed by atoms with Crippen molar-refractivity contribution in [2.24, 2.45) is 0 Å². The first-order valence-corrected chi connectivity index (χ1v) is 6.02. The summed E-state index contributed by atoms with van der Waals surface area (Å²) in [6.07, 6.45) is 3.94. The van der Waals surface area contributed by atoms with Gasteiger partial charge < -0.3 is 5.32 Å². The summed E-state index contributed by atoms with van der Waals surface area (Å²) in [5, 5.41) is 3.63. The predicted octanol–water partition coefficient (Wildman–Crippen LogP) is 2.25. The summed E-state index contributed by atoms with van der Waals surface area (Å²) in [7, 11) is 0. The maximum atomic E-state index is 3.63. The minimum Gasteiger partial charge on any atom is -0.313 e. The van der Waals surface area contributed by atoms with Gasteiger partial charge >= 0.3 is 0 Å². The Balaban J connectivity index is 2.36. The van der Waals surface area contributed by atoms with Gasteiger partial charge in [0.1, 0.15) is 0 Å². The summed E-state index contributed by atoms with van der Waals surface area (Å²) in [5.41, 5.74) is 0.340.